The van der Waals surface area contributed by atoms with Gasteiger partial charge in [0.1, 0.15) is 36.3 Å². The fourth-order valence-corrected chi connectivity index (χ4v) is 5.28. The van der Waals surface area contributed by atoms with Crippen molar-refractivity contribution in [2.45, 2.75) is 133 Å². The van der Waals surface area contributed by atoms with Gasteiger partial charge in [-0.1, -0.05) is 20.3 Å². The van der Waals surface area contributed by atoms with Gasteiger partial charge in [-0.2, -0.15) is 0 Å². The van der Waals surface area contributed by atoms with Gasteiger partial charge in [-0.3, -0.25) is 43.2 Å². The molecule has 0 rings (SSSR count). The van der Waals surface area contributed by atoms with Gasteiger partial charge in [0.05, 0.1) is 31.4 Å². The number of hydrogen-bond donors (Lipinski definition) is 14. The Balaban J connectivity index is 6.38. The maximum Gasteiger partial charge on any atom is 0.326 e. The van der Waals surface area contributed by atoms with Gasteiger partial charge in [-0.15, -0.1) is 0 Å². The highest BCUT2D eigenvalue weighted by Gasteiger charge is 2.36. The monoisotopic (exact) mass is 832 g/mol. The molecule has 0 saturated heterocycles. The van der Waals surface area contributed by atoms with Crippen LogP contribution in [0.15, 0.2) is 0 Å². The molecular weight excluding hydrogens is 772 g/mol. The normalized spacial score (nSPS) is 15.6. The lowest BCUT2D eigenvalue weighted by Crippen LogP contribution is -2.62. The van der Waals surface area contributed by atoms with Gasteiger partial charge < -0.3 is 75.3 Å². The summed E-state index contributed by atoms with van der Waals surface area (Å²) >= 11 is 0. The second-order valence-electron chi connectivity index (χ2n) is 13.7. The van der Waals surface area contributed by atoms with Crippen LogP contribution in [0, 0.1) is 5.92 Å². The Morgan fingerprint density at radius 3 is 1.40 bits per heavy atom. The number of carbonyl (C=O) groups excluding carboxylic acids is 7. The number of carboxylic acids is 3. The van der Waals surface area contributed by atoms with Crippen LogP contribution in [0.25, 0.3) is 0 Å². The highest BCUT2D eigenvalue weighted by Crippen LogP contribution is 2.12. The van der Waals surface area contributed by atoms with Crippen molar-refractivity contribution in [1.82, 2.24) is 31.9 Å². The minimum absolute atomic E-state index is 0.0247. The van der Waals surface area contributed by atoms with Gasteiger partial charge in [0.2, 0.25) is 41.4 Å². The molecule has 18 N–H and O–H groups in total. The van der Waals surface area contributed by atoms with Crippen LogP contribution in [-0.2, 0) is 47.9 Å². The quantitative estimate of drug-likeness (QED) is 0.0301. The van der Waals surface area contributed by atoms with Crippen molar-refractivity contribution in [2.75, 3.05) is 13.1 Å². The third-order valence-corrected chi connectivity index (χ3v) is 8.78. The Labute approximate surface area is 334 Å². The minimum atomic E-state index is -1.90. The molecule has 58 heavy (non-hydrogen) atoms. The number of hydrogen-bond acceptors (Lipinski definition) is 14. The average Bonchev–Trinajstić information content (AvgIpc) is 3.12. The van der Waals surface area contributed by atoms with Gasteiger partial charge in [-0.05, 0) is 64.5 Å². The average molecular weight is 833 g/mol. The molecule has 0 heterocycles. The van der Waals surface area contributed by atoms with Crippen molar-refractivity contribution in [3.8, 4) is 0 Å². The summed E-state index contributed by atoms with van der Waals surface area (Å²) in [6, 6.07) is -11.3. The Morgan fingerprint density at radius 1 is 0.534 bits per heavy atom. The van der Waals surface area contributed by atoms with Crippen LogP contribution in [0.5, 0.6) is 0 Å². The first kappa shape index (κ1) is 52.5. The van der Waals surface area contributed by atoms with Crippen molar-refractivity contribution in [3.63, 3.8) is 0 Å². The Hall–Kier alpha value is -5.46. The lowest BCUT2D eigenvalue weighted by Gasteiger charge is -2.29. The number of aliphatic carboxylic acids is 3. The molecule has 24 nitrogen and oxygen atoms in total. The second kappa shape index (κ2) is 27.2. The Bertz CT molecular complexity index is 1450. The highest BCUT2D eigenvalue weighted by molar-refractivity contribution is 5.99. The van der Waals surface area contributed by atoms with Gasteiger partial charge in [0.25, 0.3) is 0 Å². The zero-order valence-electron chi connectivity index (χ0n) is 32.9. The summed E-state index contributed by atoms with van der Waals surface area (Å²) in [5.41, 5.74) is 21.8. The lowest BCUT2D eigenvalue weighted by atomic mass is 9.96. The highest BCUT2D eigenvalue weighted by atomic mass is 16.4. The van der Waals surface area contributed by atoms with E-state index in [1.54, 1.807) is 13.8 Å². The number of nitrogens with one attached hydrogen (secondary N) is 6. The first-order valence-corrected chi connectivity index (χ1v) is 18.7. The Kier molecular flexibility index (Phi) is 24.7. The molecule has 0 aliphatic rings. The summed E-state index contributed by atoms with van der Waals surface area (Å²) in [6.45, 7) is 4.77. The molecule has 0 bridgehead atoms. The predicted molar refractivity (Wildman–Crippen MR) is 202 cm³/mol. The molecule has 0 unspecified atom stereocenters. The molecule has 0 aliphatic heterocycles. The van der Waals surface area contributed by atoms with Crippen molar-refractivity contribution in [1.29, 1.82) is 0 Å². The largest absolute Gasteiger partial charge is 0.481 e. The standard InChI is InChI=1S/C34H60N10O14/c1-4-16(2)26(43-30(53)21(14-23(38)46)41-28(51)18(37)13-24(47)48)32(55)39-19(9-5-7-11-35)29(52)42-22(15-25(49)50)31(54)44-27(17(3)45)33(56)40-20(34(57)58)10-6-8-12-36/h16-22,26-27,45H,4-15,35-37H2,1-3H3,(H2,38,46)(H,39,55)(H,40,56)(H,41,51)(H,42,52)(H,43,53)(H,44,54)(H,47,48)(H,49,50)(H,57,58)/t16-,17+,18-,19-,20-,21-,22-,26-,27-/m0/s1. The Morgan fingerprint density at radius 2 is 0.948 bits per heavy atom. The number of unbranched alkanes of at least 4 members (excludes halogenated alkanes) is 2. The molecule has 0 fully saturated rings. The van der Waals surface area contributed by atoms with E-state index in [0.29, 0.717) is 19.3 Å². The van der Waals surface area contributed by atoms with Gasteiger partial charge in [0.15, 0.2) is 0 Å². The van der Waals surface area contributed by atoms with Crippen LogP contribution in [0.1, 0.15) is 85.0 Å². The number of rotatable bonds is 30. The molecule has 0 aromatic carbocycles. The molecule has 0 aromatic rings. The summed E-state index contributed by atoms with van der Waals surface area (Å²) in [7, 11) is 0. The molecule has 7 amide bonds. The van der Waals surface area contributed by atoms with Crippen LogP contribution in [0.3, 0.4) is 0 Å². The molecule has 24 heteroatoms. The molecule has 0 spiro atoms. The summed E-state index contributed by atoms with van der Waals surface area (Å²) in [5.74, 6) is -12.7. The zero-order chi connectivity index (χ0) is 44.7. The van der Waals surface area contributed by atoms with Crippen molar-refractivity contribution < 1.29 is 68.4 Å². The maximum atomic E-state index is 13.7. The third kappa shape index (κ3) is 20.1. The summed E-state index contributed by atoms with van der Waals surface area (Å²) in [4.78, 5) is 126. The number of primary amides is 1. The van der Waals surface area contributed by atoms with E-state index in [-0.39, 0.29) is 38.8 Å². The fraction of sp³-hybridized carbons (Fsp3) is 0.706. The van der Waals surface area contributed by atoms with Crippen LogP contribution >= 0.6 is 0 Å². The van der Waals surface area contributed by atoms with Crippen molar-refractivity contribution >= 4 is 59.3 Å². The van der Waals surface area contributed by atoms with Crippen molar-refractivity contribution in [3.05, 3.63) is 0 Å². The lowest BCUT2D eigenvalue weighted by molar-refractivity contribution is -0.144. The molecule has 9 atom stereocenters. The number of carboxylic acid groups (broad SMARTS) is 3. The first-order valence-electron chi connectivity index (χ1n) is 18.7. The van der Waals surface area contributed by atoms with E-state index in [1.165, 1.54) is 0 Å². The van der Waals surface area contributed by atoms with Gasteiger partial charge in [0, 0.05) is 0 Å². The number of nitrogens with two attached hydrogens (primary N) is 4. The number of aliphatic hydroxyl groups excluding tert-OH is 1. The number of carbonyl (C=O) groups is 10. The molecule has 330 valence electrons. The second-order valence-corrected chi connectivity index (χ2v) is 13.7. The molecule has 0 radical (unpaired) electrons. The van der Waals surface area contributed by atoms with Crippen molar-refractivity contribution in [2.24, 2.45) is 28.9 Å². The fourth-order valence-electron chi connectivity index (χ4n) is 5.28. The molecule has 0 saturated carbocycles. The number of amides is 7. The van der Waals surface area contributed by atoms with E-state index in [0.717, 1.165) is 6.92 Å². The minimum Gasteiger partial charge on any atom is -0.481 e. The molecular formula is C34H60N10O14. The number of aliphatic hydroxyl groups is 1. The summed E-state index contributed by atoms with van der Waals surface area (Å²) in [5, 5.41) is 51.9. The zero-order valence-corrected chi connectivity index (χ0v) is 32.9. The summed E-state index contributed by atoms with van der Waals surface area (Å²) in [6.07, 6.45) is -2.74. The van der Waals surface area contributed by atoms with Gasteiger partial charge >= 0.3 is 17.9 Å². The van der Waals surface area contributed by atoms with Crippen LogP contribution < -0.4 is 54.8 Å². The topological polar surface area (TPSA) is 428 Å². The molecule has 0 aliphatic carbocycles. The summed E-state index contributed by atoms with van der Waals surface area (Å²) < 4.78 is 0. The van der Waals surface area contributed by atoms with E-state index >= 15 is 0 Å². The van der Waals surface area contributed by atoms with E-state index in [1.807, 2.05) is 0 Å². The first-order chi connectivity index (χ1) is 27.1. The SMILES string of the molecule is CC[C@H](C)[C@H](NC(=O)[C@H](CC(N)=O)NC(=O)[C@@H](N)CC(=O)O)C(=O)N[C@@H](CCCCN)C(=O)N[C@@H](CC(=O)O)C(=O)N[C@H](C(=O)N[C@@H](CCCCN)C(=O)O)[C@@H](C)O. The van der Waals surface area contributed by atoms with Gasteiger partial charge in [-0.25, -0.2) is 4.79 Å². The maximum absolute atomic E-state index is 13.7. The third-order valence-electron chi connectivity index (χ3n) is 8.78. The smallest absolute Gasteiger partial charge is 0.326 e. The van der Waals surface area contributed by atoms with Crippen LogP contribution in [-0.4, -0.2) is 141 Å². The van der Waals surface area contributed by atoms with Crippen LogP contribution in [0.2, 0.25) is 0 Å². The van der Waals surface area contributed by atoms with E-state index in [2.05, 4.69) is 31.9 Å². The van der Waals surface area contributed by atoms with E-state index < -0.39 is 133 Å². The molecule has 0 aromatic heterocycles. The van der Waals surface area contributed by atoms with E-state index in [4.69, 9.17) is 28.0 Å². The van der Waals surface area contributed by atoms with E-state index in [9.17, 15) is 63.3 Å². The predicted octanol–water partition coefficient (Wildman–Crippen LogP) is -5.18. The van der Waals surface area contributed by atoms with Crippen LogP contribution in [0.4, 0.5) is 0 Å².